The highest BCUT2D eigenvalue weighted by Crippen LogP contribution is 2.29. The Morgan fingerprint density at radius 3 is 2.43 bits per heavy atom. The van der Waals surface area contributed by atoms with E-state index in [0.29, 0.717) is 48.9 Å². The summed E-state index contributed by atoms with van der Waals surface area (Å²) in [6.45, 7) is 3.44. The Bertz CT molecular complexity index is 1460. The van der Waals surface area contributed by atoms with E-state index in [4.69, 9.17) is 10.00 Å². The quantitative estimate of drug-likeness (QED) is 0.494. The topological polar surface area (TPSA) is 113 Å². The normalized spacial score (nSPS) is 13.4. The molecule has 1 N–H and O–H groups in total. The summed E-state index contributed by atoms with van der Waals surface area (Å²) in [6, 6.07) is 14.8. The first-order valence-electron chi connectivity index (χ1n) is 11.2. The molecule has 174 valence electrons. The lowest BCUT2D eigenvalue weighted by Gasteiger charge is -2.27. The second-order valence-electron chi connectivity index (χ2n) is 8.19. The Labute approximate surface area is 201 Å². The monoisotopic (exact) mass is 466 g/mol. The molecule has 2 aromatic heterocycles. The van der Waals surface area contributed by atoms with Crippen LogP contribution in [0.1, 0.15) is 22.8 Å². The lowest BCUT2D eigenvalue weighted by Crippen LogP contribution is -2.41. The molecule has 35 heavy (non-hydrogen) atoms. The molecule has 0 saturated carbocycles. The van der Waals surface area contributed by atoms with E-state index in [0.717, 1.165) is 22.4 Å². The van der Waals surface area contributed by atoms with Crippen molar-refractivity contribution in [3.8, 4) is 28.5 Å². The fourth-order valence-electron chi connectivity index (χ4n) is 4.09. The molecule has 1 aliphatic rings. The van der Waals surface area contributed by atoms with Crippen molar-refractivity contribution in [1.82, 2.24) is 19.3 Å². The molecule has 5 rings (SSSR count). The molecule has 2 amide bonds. The van der Waals surface area contributed by atoms with Gasteiger partial charge in [0.15, 0.2) is 0 Å². The zero-order valence-corrected chi connectivity index (χ0v) is 19.1. The van der Waals surface area contributed by atoms with Crippen molar-refractivity contribution < 1.29 is 14.3 Å². The summed E-state index contributed by atoms with van der Waals surface area (Å²) in [5.41, 5.74) is 4.79. The summed E-state index contributed by atoms with van der Waals surface area (Å²) in [7, 11) is 0. The summed E-state index contributed by atoms with van der Waals surface area (Å²) in [4.78, 5) is 35.6. The maximum Gasteiger partial charge on any atom is 0.256 e. The molecule has 1 fully saturated rings. The van der Waals surface area contributed by atoms with E-state index in [9.17, 15) is 9.59 Å². The SMILES string of the molecule is CC(=O)Nc1cc(-c2cnc3ncc(-c4ccc(C#N)cc4)n3c2)ccc1C(=O)N1CCOCC1. The molecule has 4 aromatic rings. The smallest absolute Gasteiger partial charge is 0.256 e. The second kappa shape index (κ2) is 9.37. The van der Waals surface area contributed by atoms with Gasteiger partial charge in [-0.2, -0.15) is 5.26 Å². The van der Waals surface area contributed by atoms with Gasteiger partial charge >= 0.3 is 0 Å². The Morgan fingerprint density at radius 2 is 1.71 bits per heavy atom. The van der Waals surface area contributed by atoms with Crippen LogP contribution < -0.4 is 5.32 Å². The van der Waals surface area contributed by atoms with Crippen molar-refractivity contribution in [3.63, 3.8) is 0 Å². The van der Waals surface area contributed by atoms with Gasteiger partial charge in [-0.25, -0.2) is 9.97 Å². The third-order valence-electron chi connectivity index (χ3n) is 5.87. The Kier molecular flexibility index (Phi) is 5.95. The predicted molar refractivity (Wildman–Crippen MR) is 130 cm³/mol. The summed E-state index contributed by atoms with van der Waals surface area (Å²) >= 11 is 0. The largest absolute Gasteiger partial charge is 0.378 e. The van der Waals surface area contributed by atoms with E-state index in [1.54, 1.807) is 41.6 Å². The average Bonchev–Trinajstić information content (AvgIpc) is 3.32. The Hall–Kier alpha value is -4.55. The molecule has 9 heteroatoms. The van der Waals surface area contributed by atoms with Crippen molar-refractivity contribution in [3.05, 3.63) is 72.2 Å². The van der Waals surface area contributed by atoms with Crippen LogP contribution in [-0.4, -0.2) is 57.4 Å². The first-order valence-corrected chi connectivity index (χ1v) is 11.2. The zero-order chi connectivity index (χ0) is 24.4. The van der Waals surface area contributed by atoms with Crippen LogP contribution in [0.15, 0.2) is 61.1 Å². The third kappa shape index (κ3) is 4.47. The van der Waals surface area contributed by atoms with Crippen LogP contribution >= 0.6 is 0 Å². The number of anilines is 1. The number of hydrogen-bond acceptors (Lipinski definition) is 6. The molecule has 0 spiro atoms. The van der Waals surface area contributed by atoms with E-state index in [1.165, 1.54) is 6.92 Å². The van der Waals surface area contributed by atoms with Crippen molar-refractivity contribution in [2.75, 3.05) is 31.6 Å². The number of benzene rings is 2. The van der Waals surface area contributed by atoms with Gasteiger partial charge < -0.3 is 15.0 Å². The van der Waals surface area contributed by atoms with Crippen LogP contribution in [0, 0.1) is 11.3 Å². The summed E-state index contributed by atoms with van der Waals surface area (Å²) in [5, 5.41) is 11.9. The molecule has 0 bridgehead atoms. The van der Waals surface area contributed by atoms with E-state index < -0.39 is 0 Å². The maximum absolute atomic E-state index is 13.1. The van der Waals surface area contributed by atoms with Gasteiger partial charge in [-0.3, -0.25) is 14.0 Å². The molecular formula is C26H22N6O3. The highest BCUT2D eigenvalue weighted by molar-refractivity contribution is 6.04. The van der Waals surface area contributed by atoms with E-state index in [1.807, 2.05) is 28.8 Å². The number of nitrogens with zero attached hydrogens (tertiary/aromatic N) is 5. The van der Waals surface area contributed by atoms with E-state index in [2.05, 4.69) is 21.4 Å². The number of nitriles is 1. The summed E-state index contributed by atoms with van der Waals surface area (Å²) < 4.78 is 7.22. The molecule has 0 atom stereocenters. The van der Waals surface area contributed by atoms with E-state index in [-0.39, 0.29) is 11.8 Å². The van der Waals surface area contributed by atoms with Crippen molar-refractivity contribution in [1.29, 1.82) is 5.26 Å². The van der Waals surface area contributed by atoms with Crippen LogP contribution in [0.5, 0.6) is 0 Å². The van der Waals surface area contributed by atoms with Crippen LogP contribution in [0.3, 0.4) is 0 Å². The van der Waals surface area contributed by atoms with Crippen molar-refractivity contribution in [2.24, 2.45) is 0 Å². The van der Waals surface area contributed by atoms with Crippen LogP contribution in [-0.2, 0) is 9.53 Å². The molecule has 3 heterocycles. The van der Waals surface area contributed by atoms with Gasteiger partial charge in [0.1, 0.15) is 0 Å². The number of carbonyl (C=O) groups excluding carboxylic acids is 2. The minimum atomic E-state index is -0.260. The lowest BCUT2D eigenvalue weighted by molar-refractivity contribution is -0.114. The minimum Gasteiger partial charge on any atom is -0.378 e. The number of rotatable bonds is 4. The molecule has 9 nitrogen and oxygen atoms in total. The predicted octanol–water partition coefficient (Wildman–Crippen LogP) is 3.37. The van der Waals surface area contributed by atoms with Crippen LogP contribution in [0.25, 0.3) is 28.2 Å². The highest BCUT2D eigenvalue weighted by Gasteiger charge is 2.22. The van der Waals surface area contributed by atoms with Crippen LogP contribution in [0.4, 0.5) is 5.69 Å². The number of ether oxygens (including phenoxy) is 1. The van der Waals surface area contributed by atoms with Crippen molar-refractivity contribution >= 4 is 23.3 Å². The Morgan fingerprint density at radius 1 is 1.00 bits per heavy atom. The van der Waals surface area contributed by atoms with Gasteiger partial charge in [-0.05, 0) is 29.8 Å². The fraction of sp³-hybridized carbons (Fsp3) is 0.192. The number of hydrogen-bond donors (Lipinski definition) is 1. The number of morpholine rings is 1. The average molecular weight is 467 g/mol. The highest BCUT2D eigenvalue weighted by atomic mass is 16.5. The number of imidazole rings is 1. The van der Waals surface area contributed by atoms with Crippen molar-refractivity contribution in [2.45, 2.75) is 6.92 Å². The molecular weight excluding hydrogens is 444 g/mol. The first kappa shape index (κ1) is 22.3. The number of carbonyl (C=O) groups is 2. The molecule has 0 unspecified atom stereocenters. The molecule has 1 saturated heterocycles. The van der Waals surface area contributed by atoms with Gasteiger partial charge in [0, 0.05) is 43.5 Å². The molecule has 0 radical (unpaired) electrons. The minimum absolute atomic E-state index is 0.144. The number of fused-ring (bicyclic) bond motifs is 1. The Balaban J connectivity index is 1.53. The molecule has 1 aliphatic heterocycles. The van der Waals surface area contributed by atoms with Gasteiger partial charge in [0.25, 0.3) is 5.91 Å². The molecule has 2 aromatic carbocycles. The summed E-state index contributed by atoms with van der Waals surface area (Å²) in [5.74, 6) is 0.133. The third-order valence-corrected chi connectivity index (χ3v) is 5.87. The fourth-order valence-corrected chi connectivity index (χ4v) is 4.09. The second-order valence-corrected chi connectivity index (χ2v) is 8.19. The standard InChI is InChI=1S/C26H22N6O3/c1-17(33)30-23-12-20(6-7-22(23)25(34)31-8-10-35-11-9-31)21-14-28-26-29-15-24(32(26)16-21)19-4-2-18(13-27)3-5-19/h2-7,12,14-16H,8-11H2,1H3,(H,30,33). The zero-order valence-electron chi connectivity index (χ0n) is 19.1. The van der Waals surface area contributed by atoms with Gasteiger partial charge in [-0.1, -0.05) is 18.2 Å². The first-order chi connectivity index (χ1) is 17.0. The number of amides is 2. The molecule has 0 aliphatic carbocycles. The van der Waals surface area contributed by atoms with Crippen LogP contribution in [0.2, 0.25) is 0 Å². The van der Waals surface area contributed by atoms with E-state index >= 15 is 0 Å². The maximum atomic E-state index is 13.1. The van der Waals surface area contributed by atoms with Gasteiger partial charge in [-0.15, -0.1) is 0 Å². The van der Waals surface area contributed by atoms with Gasteiger partial charge in [0.05, 0.1) is 48.0 Å². The summed E-state index contributed by atoms with van der Waals surface area (Å²) in [6.07, 6.45) is 5.36. The number of aromatic nitrogens is 3. The van der Waals surface area contributed by atoms with Gasteiger partial charge in [0.2, 0.25) is 11.7 Å². The lowest BCUT2D eigenvalue weighted by atomic mass is 10.0. The number of nitrogens with one attached hydrogen (secondary N) is 1.